The third-order valence-electron chi connectivity index (χ3n) is 3.56. The van der Waals surface area contributed by atoms with Crippen LogP contribution in [0.4, 0.5) is 4.39 Å². The average Bonchev–Trinajstić information content (AvgIpc) is 2.96. The predicted octanol–water partition coefficient (Wildman–Crippen LogP) is 3.85. The summed E-state index contributed by atoms with van der Waals surface area (Å²) in [5.41, 5.74) is 4.10. The number of oxazole rings is 1. The maximum absolute atomic E-state index is 14.0. The molecule has 0 amide bonds. The van der Waals surface area contributed by atoms with Gasteiger partial charge in [-0.15, -0.1) is 0 Å². The first-order valence-corrected chi connectivity index (χ1v) is 7.47. The Hall–Kier alpha value is -2.70. The first-order valence-electron chi connectivity index (χ1n) is 7.47. The number of rotatable bonds is 6. The van der Waals surface area contributed by atoms with Crippen LogP contribution in [0.25, 0.3) is 11.5 Å². The van der Waals surface area contributed by atoms with Gasteiger partial charge in [0.15, 0.2) is 11.6 Å². The van der Waals surface area contributed by atoms with Crippen LogP contribution >= 0.6 is 0 Å². The Balaban J connectivity index is 1.72. The van der Waals surface area contributed by atoms with Crippen LogP contribution in [0.2, 0.25) is 0 Å². The zero-order valence-electron chi connectivity index (χ0n) is 13.1. The second-order valence-electron chi connectivity index (χ2n) is 5.28. The van der Waals surface area contributed by atoms with E-state index >= 15 is 0 Å². The van der Waals surface area contributed by atoms with E-state index < -0.39 is 5.82 Å². The van der Waals surface area contributed by atoms with Crippen LogP contribution in [-0.2, 0) is 13.2 Å². The number of nitrogens with zero attached hydrogens (tertiary/aromatic N) is 1. The van der Waals surface area contributed by atoms with Gasteiger partial charge in [0, 0.05) is 12.1 Å². The highest BCUT2D eigenvalue weighted by Gasteiger charge is 2.13. The molecule has 124 valence electrons. The van der Waals surface area contributed by atoms with Crippen LogP contribution in [0.1, 0.15) is 17.0 Å². The Morgan fingerprint density at radius 3 is 2.71 bits per heavy atom. The molecule has 6 heteroatoms. The zero-order valence-corrected chi connectivity index (χ0v) is 13.1. The number of hydrogen-bond acceptors (Lipinski definition) is 5. The molecule has 5 nitrogen and oxygen atoms in total. The van der Waals surface area contributed by atoms with Gasteiger partial charge in [0.1, 0.15) is 18.1 Å². The molecule has 0 bridgehead atoms. The van der Waals surface area contributed by atoms with Crippen LogP contribution in [0.5, 0.6) is 5.75 Å². The molecule has 0 saturated carbocycles. The summed E-state index contributed by atoms with van der Waals surface area (Å²) in [6, 6.07) is 14.0. The average molecular weight is 328 g/mol. The van der Waals surface area contributed by atoms with Gasteiger partial charge in [0.05, 0.1) is 0 Å². The van der Waals surface area contributed by atoms with Crippen molar-refractivity contribution in [2.24, 2.45) is 0 Å². The van der Waals surface area contributed by atoms with E-state index in [9.17, 15) is 4.39 Å². The summed E-state index contributed by atoms with van der Waals surface area (Å²) in [6.07, 6.45) is 0. The van der Waals surface area contributed by atoms with Crippen molar-refractivity contribution < 1.29 is 18.8 Å². The van der Waals surface area contributed by atoms with Crippen LogP contribution in [-0.4, -0.2) is 10.2 Å². The van der Waals surface area contributed by atoms with E-state index in [1.165, 1.54) is 12.1 Å². The number of hydroxylamine groups is 1. The van der Waals surface area contributed by atoms with Crippen LogP contribution in [0.15, 0.2) is 52.9 Å². The Morgan fingerprint density at radius 1 is 1.21 bits per heavy atom. The summed E-state index contributed by atoms with van der Waals surface area (Å²) in [4.78, 5) is 4.41. The van der Waals surface area contributed by atoms with Crippen molar-refractivity contribution in [3.8, 4) is 17.2 Å². The maximum Gasteiger partial charge on any atom is 0.226 e. The van der Waals surface area contributed by atoms with Gasteiger partial charge in [-0.25, -0.2) is 14.9 Å². The van der Waals surface area contributed by atoms with Crippen molar-refractivity contribution in [3.05, 3.63) is 71.4 Å². The molecule has 0 aliphatic rings. The highest BCUT2D eigenvalue weighted by Crippen LogP contribution is 2.24. The lowest BCUT2D eigenvalue weighted by Crippen LogP contribution is -2.06. The highest BCUT2D eigenvalue weighted by molar-refractivity contribution is 5.53. The molecule has 0 fully saturated rings. The monoisotopic (exact) mass is 328 g/mol. The molecule has 0 unspecified atom stereocenters. The predicted molar refractivity (Wildman–Crippen MR) is 86.0 cm³/mol. The van der Waals surface area contributed by atoms with Crippen molar-refractivity contribution in [1.82, 2.24) is 10.5 Å². The van der Waals surface area contributed by atoms with Crippen molar-refractivity contribution in [2.45, 2.75) is 20.1 Å². The summed E-state index contributed by atoms with van der Waals surface area (Å²) in [6.45, 7) is 2.07. The second-order valence-corrected chi connectivity index (χ2v) is 5.28. The topological polar surface area (TPSA) is 67.5 Å². The number of halogens is 1. The van der Waals surface area contributed by atoms with E-state index in [-0.39, 0.29) is 18.9 Å². The molecule has 0 aliphatic carbocycles. The largest absolute Gasteiger partial charge is 0.484 e. The molecule has 1 heterocycles. The summed E-state index contributed by atoms with van der Waals surface area (Å²) < 4.78 is 25.1. The Labute approximate surface area is 138 Å². The SMILES string of the molecule is Cc1oc(-c2ccccc2)nc1COc1ccc(CNO)cc1F. The van der Waals surface area contributed by atoms with Crippen LogP contribution in [0.3, 0.4) is 0 Å². The van der Waals surface area contributed by atoms with Crippen molar-refractivity contribution in [1.29, 1.82) is 0 Å². The standard InChI is InChI=1S/C18H17FN2O3/c1-12-16(21-18(24-12)14-5-3-2-4-6-14)11-23-17-8-7-13(10-20-22)9-15(17)19/h2-9,20,22H,10-11H2,1H3. The van der Waals surface area contributed by atoms with E-state index in [0.717, 1.165) is 5.56 Å². The van der Waals surface area contributed by atoms with Gasteiger partial charge >= 0.3 is 0 Å². The molecule has 3 aromatic rings. The molecule has 0 radical (unpaired) electrons. The van der Waals surface area contributed by atoms with Crippen molar-refractivity contribution >= 4 is 0 Å². The third-order valence-corrected chi connectivity index (χ3v) is 3.56. The molecule has 0 aliphatic heterocycles. The minimum atomic E-state index is -0.493. The Kier molecular flexibility index (Phi) is 4.88. The maximum atomic E-state index is 14.0. The first-order chi connectivity index (χ1) is 11.7. The van der Waals surface area contributed by atoms with E-state index in [1.807, 2.05) is 35.8 Å². The minimum Gasteiger partial charge on any atom is -0.484 e. The van der Waals surface area contributed by atoms with Gasteiger partial charge in [-0.05, 0) is 36.8 Å². The lowest BCUT2D eigenvalue weighted by atomic mass is 10.2. The van der Waals surface area contributed by atoms with E-state index in [2.05, 4.69) is 4.98 Å². The van der Waals surface area contributed by atoms with Gasteiger partial charge in [-0.1, -0.05) is 24.3 Å². The molecule has 1 aromatic heterocycles. The smallest absolute Gasteiger partial charge is 0.226 e. The fourth-order valence-corrected chi connectivity index (χ4v) is 2.27. The van der Waals surface area contributed by atoms with Gasteiger partial charge in [-0.2, -0.15) is 0 Å². The van der Waals surface area contributed by atoms with Crippen molar-refractivity contribution in [3.63, 3.8) is 0 Å². The number of ether oxygens (including phenoxy) is 1. The number of aryl methyl sites for hydroxylation is 1. The second kappa shape index (κ2) is 7.25. The number of benzene rings is 2. The van der Waals surface area contributed by atoms with E-state index in [1.54, 1.807) is 13.0 Å². The molecule has 0 atom stereocenters. The minimum absolute atomic E-state index is 0.108. The molecular weight excluding hydrogens is 311 g/mol. The molecule has 2 N–H and O–H groups in total. The van der Waals surface area contributed by atoms with Crippen LogP contribution in [0, 0.1) is 12.7 Å². The van der Waals surface area contributed by atoms with Gasteiger partial charge in [0.25, 0.3) is 0 Å². The van der Waals surface area contributed by atoms with Gasteiger partial charge in [0.2, 0.25) is 5.89 Å². The van der Waals surface area contributed by atoms with Gasteiger partial charge in [-0.3, -0.25) is 0 Å². The lowest BCUT2D eigenvalue weighted by molar-refractivity contribution is 0.161. The fraction of sp³-hybridized carbons (Fsp3) is 0.167. The molecule has 0 saturated heterocycles. The summed E-state index contributed by atoms with van der Waals surface area (Å²) >= 11 is 0. The summed E-state index contributed by atoms with van der Waals surface area (Å²) in [5, 5.41) is 8.64. The normalized spacial score (nSPS) is 10.8. The van der Waals surface area contributed by atoms with Crippen molar-refractivity contribution in [2.75, 3.05) is 0 Å². The summed E-state index contributed by atoms with van der Waals surface area (Å²) in [5.74, 6) is 0.777. The van der Waals surface area contributed by atoms with E-state index in [0.29, 0.717) is 22.9 Å². The number of aromatic nitrogens is 1. The van der Waals surface area contributed by atoms with E-state index in [4.69, 9.17) is 14.4 Å². The number of nitrogens with one attached hydrogen (secondary N) is 1. The third kappa shape index (κ3) is 3.61. The summed E-state index contributed by atoms with van der Waals surface area (Å²) in [7, 11) is 0. The molecular formula is C18H17FN2O3. The number of hydrogen-bond donors (Lipinski definition) is 2. The lowest BCUT2D eigenvalue weighted by Gasteiger charge is -2.07. The molecule has 3 rings (SSSR count). The molecule has 2 aromatic carbocycles. The fourth-order valence-electron chi connectivity index (χ4n) is 2.27. The Morgan fingerprint density at radius 2 is 2.00 bits per heavy atom. The first kappa shape index (κ1) is 16.2. The Bertz CT molecular complexity index is 818. The molecule has 0 spiro atoms. The quantitative estimate of drug-likeness (QED) is 0.673. The van der Waals surface area contributed by atoms with Gasteiger partial charge < -0.3 is 14.4 Å². The zero-order chi connectivity index (χ0) is 16.9. The molecule has 24 heavy (non-hydrogen) atoms. The van der Waals surface area contributed by atoms with Crippen LogP contribution < -0.4 is 10.2 Å². The highest BCUT2D eigenvalue weighted by atomic mass is 19.1.